The van der Waals surface area contributed by atoms with Crippen molar-refractivity contribution in [3.63, 3.8) is 0 Å². The number of rotatable bonds is 0. The second kappa shape index (κ2) is 16.7. The molecule has 19 valence electrons. The van der Waals surface area contributed by atoms with Crippen molar-refractivity contribution in [3.8, 4) is 0 Å². The molecule has 0 fully saturated rings. The van der Waals surface area contributed by atoms with Gasteiger partial charge < -0.3 is 0 Å². The molecular formula is AsBiSbTi. The van der Waals surface area contributed by atoms with Crippen LogP contribution in [0.15, 0.2) is 0 Å². The second-order valence-electron chi connectivity index (χ2n) is 0. The molecular weight excluding hydrogens is 454 g/mol. The predicted octanol–water partition coefficient (Wildman–Crippen LogP) is -1.14. The van der Waals surface area contributed by atoms with E-state index >= 15 is 0 Å². The Morgan fingerprint density at radius 1 is 1.00 bits per heavy atom. The summed E-state index contributed by atoms with van der Waals surface area (Å²) in [5.74, 6) is 0. The van der Waals surface area contributed by atoms with Gasteiger partial charge in [-0.05, 0) is 0 Å². The van der Waals surface area contributed by atoms with Gasteiger partial charge >= 0.3 is 0 Å². The van der Waals surface area contributed by atoms with Gasteiger partial charge in [-0.15, -0.1) is 0 Å². The third-order valence-corrected chi connectivity index (χ3v) is 0. The van der Waals surface area contributed by atoms with E-state index in [1.165, 1.54) is 0 Å². The zero-order valence-corrected chi connectivity index (χ0v) is 11.3. The summed E-state index contributed by atoms with van der Waals surface area (Å²) in [5, 5.41) is 0. The summed E-state index contributed by atoms with van der Waals surface area (Å²) in [6.45, 7) is 0. The molecule has 0 amide bonds. The van der Waals surface area contributed by atoms with Crippen LogP contribution in [0.25, 0.3) is 0 Å². The van der Waals surface area contributed by atoms with Crippen molar-refractivity contribution < 1.29 is 21.7 Å². The van der Waals surface area contributed by atoms with E-state index in [1.807, 2.05) is 0 Å². The van der Waals surface area contributed by atoms with E-state index in [0.717, 1.165) is 0 Å². The first-order valence-corrected chi connectivity index (χ1v) is 0. The van der Waals surface area contributed by atoms with E-state index in [0.29, 0.717) is 0 Å². The molecule has 0 nitrogen and oxygen atoms in total. The van der Waals surface area contributed by atoms with E-state index in [9.17, 15) is 0 Å². The van der Waals surface area contributed by atoms with Crippen LogP contribution in [0.4, 0.5) is 0 Å². The van der Waals surface area contributed by atoms with Crippen molar-refractivity contribution >= 4 is 68.6 Å². The molecule has 9 radical (unpaired) electrons. The SMILES string of the molecule is [As].[Bi].[Sb].[Ti]. The van der Waals surface area contributed by atoms with Gasteiger partial charge in [0.2, 0.25) is 0 Å². The molecule has 0 aromatic carbocycles. The molecule has 0 rings (SSSR count). The molecule has 0 heterocycles. The smallest absolute Gasteiger partial charge is 0 e. The normalized spacial score (nSPS) is 0. The van der Waals surface area contributed by atoms with Gasteiger partial charge in [-0.25, -0.2) is 0 Å². The average molecular weight is 454 g/mol. The first-order chi connectivity index (χ1) is 0. The molecule has 0 unspecified atom stereocenters. The fourth-order valence-corrected chi connectivity index (χ4v) is 0. The minimum absolute atomic E-state index is 0. The van der Waals surface area contributed by atoms with Gasteiger partial charge in [-0.3, -0.25) is 0 Å². The molecule has 0 bridgehead atoms. The minimum atomic E-state index is 0. The van der Waals surface area contributed by atoms with Crippen molar-refractivity contribution in [2.75, 3.05) is 0 Å². The van der Waals surface area contributed by atoms with Gasteiger partial charge in [0.25, 0.3) is 0 Å². The third kappa shape index (κ3) is 8.88. The summed E-state index contributed by atoms with van der Waals surface area (Å²) in [6, 6.07) is 0. The van der Waals surface area contributed by atoms with E-state index < -0.39 is 0 Å². The van der Waals surface area contributed by atoms with Crippen LogP contribution in [0.5, 0.6) is 0 Å². The summed E-state index contributed by atoms with van der Waals surface area (Å²) in [6.07, 6.45) is 0. The number of hydrogen-bond donors (Lipinski definition) is 0. The van der Waals surface area contributed by atoms with Crippen LogP contribution in [0.3, 0.4) is 0 Å². The molecule has 4 heteroatoms. The topological polar surface area (TPSA) is 0 Å². The maximum Gasteiger partial charge on any atom is 0 e. The minimum Gasteiger partial charge on any atom is 0 e. The van der Waals surface area contributed by atoms with Gasteiger partial charge in [0.05, 0.1) is 0 Å². The second-order valence-corrected chi connectivity index (χ2v) is 0. The molecule has 0 aromatic heterocycles. The number of hydrogen-bond acceptors (Lipinski definition) is 0. The molecule has 0 aliphatic carbocycles. The summed E-state index contributed by atoms with van der Waals surface area (Å²) in [4.78, 5) is 0. The maximum atomic E-state index is 0. The van der Waals surface area contributed by atoms with Crippen LogP contribution in [0, 0.1) is 0 Å². The van der Waals surface area contributed by atoms with Crippen LogP contribution >= 0.6 is 0 Å². The van der Waals surface area contributed by atoms with E-state index in [4.69, 9.17) is 0 Å². The largest absolute Gasteiger partial charge is 0 e. The first kappa shape index (κ1) is 28.1. The first-order valence-electron chi connectivity index (χ1n) is 0. The van der Waals surface area contributed by atoms with Crippen molar-refractivity contribution in [1.82, 2.24) is 0 Å². The Labute approximate surface area is 88.6 Å². The van der Waals surface area contributed by atoms with E-state index in [2.05, 4.69) is 0 Å². The summed E-state index contributed by atoms with van der Waals surface area (Å²) in [5.41, 5.74) is 0. The van der Waals surface area contributed by atoms with Crippen LogP contribution in [0.2, 0.25) is 0 Å². The van der Waals surface area contributed by atoms with Crippen LogP contribution in [-0.2, 0) is 21.7 Å². The fourth-order valence-electron chi connectivity index (χ4n) is 0. The predicted molar refractivity (Wildman–Crippen MR) is 17.3 cm³/mol. The summed E-state index contributed by atoms with van der Waals surface area (Å²) >= 11 is 0. The summed E-state index contributed by atoms with van der Waals surface area (Å²) in [7, 11) is 0. The Balaban J connectivity index is 0. The van der Waals surface area contributed by atoms with Crippen molar-refractivity contribution in [2.24, 2.45) is 0 Å². The van der Waals surface area contributed by atoms with Crippen LogP contribution < -0.4 is 0 Å². The molecule has 0 aliphatic heterocycles. The molecule has 0 atom stereocenters. The Bertz CT molecular complexity index is 8.00. The molecule has 0 saturated heterocycles. The monoisotopic (exact) mass is 453 g/mol. The Kier molecular flexibility index (Phi) is 118. The third-order valence-electron chi connectivity index (χ3n) is 0. The fraction of sp³-hybridized carbons (Fsp3) is 0. The van der Waals surface area contributed by atoms with Crippen molar-refractivity contribution in [3.05, 3.63) is 0 Å². The average Bonchev–Trinajstić information content (AvgIpc) is 0. The van der Waals surface area contributed by atoms with Crippen LogP contribution in [0.1, 0.15) is 0 Å². The maximum absolute atomic E-state index is 0. The van der Waals surface area contributed by atoms with Gasteiger partial charge in [0.15, 0.2) is 0 Å². The molecule has 0 spiro atoms. The quantitative estimate of drug-likeness (QED) is 0.407. The Morgan fingerprint density at radius 3 is 1.00 bits per heavy atom. The van der Waals surface area contributed by atoms with Gasteiger partial charge in [0, 0.05) is 90.3 Å². The molecule has 0 aromatic rings. The Hall–Kier alpha value is 2.97. The zero-order chi connectivity index (χ0) is 0. The van der Waals surface area contributed by atoms with Gasteiger partial charge in [-0.1, -0.05) is 0 Å². The standard InChI is InChI=1S/As.Bi.Sb.Ti. The van der Waals surface area contributed by atoms with E-state index in [1.54, 1.807) is 0 Å². The van der Waals surface area contributed by atoms with Crippen molar-refractivity contribution in [2.45, 2.75) is 0 Å². The Morgan fingerprint density at radius 2 is 1.00 bits per heavy atom. The summed E-state index contributed by atoms with van der Waals surface area (Å²) < 4.78 is 0. The molecule has 0 aliphatic rings. The van der Waals surface area contributed by atoms with Gasteiger partial charge in [0.1, 0.15) is 0 Å². The molecule has 0 saturated carbocycles. The van der Waals surface area contributed by atoms with Crippen LogP contribution in [-0.4, -0.2) is 68.6 Å². The van der Waals surface area contributed by atoms with E-state index in [-0.39, 0.29) is 90.3 Å². The molecule has 0 N–H and O–H groups in total. The molecule has 4 heavy (non-hydrogen) atoms. The zero-order valence-electron chi connectivity index (χ0n) is 1.84. The van der Waals surface area contributed by atoms with Gasteiger partial charge in [-0.2, -0.15) is 0 Å². The van der Waals surface area contributed by atoms with Crippen molar-refractivity contribution in [1.29, 1.82) is 0 Å².